The van der Waals surface area contributed by atoms with Crippen LogP contribution in [0.15, 0.2) is 42.5 Å². The summed E-state index contributed by atoms with van der Waals surface area (Å²) in [7, 11) is 1.52. The van der Waals surface area contributed by atoms with Crippen LogP contribution in [0.3, 0.4) is 0 Å². The Bertz CT molecular complexity index is 1210. The number of benzene rings is 2. The van der Waals surface area contributed by atoms with Gasteiger partial charge in [0.25, 0.3) is 11.8 Å². The number of ether oxygens (including phenoxy) is 1. The molecule has 184 valence electrons. The van der Waals surface area contributed by atoms with Crippen LogP contribution >= 0.6 is 22.9 Å². The normalized spacial score (nSPS) is 14.8. The predicted molar refractivity (Wildman–Crippen MR) is 140 cm³/mol. The molecule has 0 saturated carbocycles. The topological polar surface area (TPSA) is 92.4 Å². The van der Waals surface area contributed by atoms with Crippen molar-refractivity contribution in [2.45, 2.75) is 45.2 Å². The van der Waals surface area contributed by atoms with Gasteiger partial charge in [0.15, 0.2) is 5.13 Å². The van der Waals surface area contributed by atoms with Gasteiger partial charge in [0.2, 0.25) is 0 Å². The zero-order valence-electron chi connectivity index (χ0n) is 19.8. The fourth-order valence-corrected chi connectivity index (χ4v) is 5.38. The number of carbonyl (C=O) groups is 2. The second-order valence-electron chi connectivity index (χ2n) is 8.47. The SMILES string of the molecule is CCCN[C@H]1CCc2nc(NC(=O)c3cccc(CNC(=O)c4ccc(OC)c(Cl)c4)c3)sc2C1. The molecule has 0 unspecified atom stereocenters. The number of methoxy groups -OCH3 is 1. The molecule has 2 aromatic carbocycles. The predicted octanol–water partition coefficient (Wildman–Crippen LogP) is 4.84. The van der Waals surface area contributed by atoms with Gasteiger partial charge in [-0.3, -0.25) is 14.9 Å². The standard InChI is InChI=1S/C26H29ClN4O3S/c1-3-11-28-19-8-9-21-23(14-19)35-26(30-21)31-25(33)17-6-4-5-16(12-17)15-29-24(32)18-7-10-22(34-2)20(27)13-18/h4-7,10,12-13,19,28H,3,8-9,11,14-15H2,1-2H3,(H,29,32)(H,30,31,33)/t19-/m0/s1. The zero-order valence-corrected chi connectivity index (χ0v) is 21.4. The molecule has 1 aromatic heterocycles. The number of aryl methyl sites for hydroxylation is 1. The highest BCUT2D eigenvalue weighted by Crippen LogP contribution is 2.30. The first-order valence-electron chi connectivity index (χ1n) is 11.7. The van der Waals surface area contributed by atoms with Crippen LogP contribution in [0.2, 0.25) is 5.02 Å². The number of anilines is 1. The Morgan fingerprint density at radius 1 is 1.17 bits per heavy atom. The van der Waals surface area contributed by atoms with Crippen molar-refractivity contribution in [1.82, 2.24) is 15.6 Å². The molecule has 7 nitrogen and oxygen atoms in total. The van der Waals surface area contributed by atoms with Crippen LogP contribution in [-0.4, -0.2) is 36.5 Å². The number of halogens is 1. The molecule has 0 spiro atoms. The Hall–Kier alpha value is -2.94. The summed E-state index contributed by atoms with van der Waals surface area (Å²) in [4.78, 5) is 31.3. The van der Waals surface area contributed by atoms with Crippen molar-refractivity contribution in [2.75, 3.05) is 19.0 Å². The fourth-order valence-electron chi connectivity index (χ4n) is 4.03. The van der Waals surface area contributed by atoms with Crippen molar-refractivity contribution < 1.29 is 14.3 Å². The van der Waals surface area contributed by atoms with Crippen molar-refractivity contribution >= 4 is 39.9 Å². The van der Waals surface area contributed by atoms with Crippen molar-refractivity contribution in [3.63, 3.8) is 0 Å². The largest absolute Gasteiger partial charge is 0.495 e. The third-order valence-electron chi connectivity index (χ3n) is 5.90. The lowest BCUT2D eigenvalue weighted by atomic mass is 9.98. The first kappa shape index (κ1) is 25.2. The molecule has 0 radical (unpaired) electrons. The maximum atomic E-state index is 12.9. The van der Waals surface area contributed by atoms with E-state index < -0.39 is 0 Å². The smallest absolute Gasteiger partial charge is 0.257 e. The Kier molecular flexibility index (Phi) is 8.38. The summed E-state index contributed by atoms with van der Waals surface area (Å²) in [6.45, 7) is 3.47. The fraction of sp³-hybridized carbons (Fsp3) is 0.346. The Balaban J connectivity index is 1.35. The molecule has 1 aliphatic rings. The van der Waals surface area contributed by atoms with Gasteiger partial charge in [0.1, 0.15) is 5.75 Å². The van der Waals surface area contributed by atoms with Gasteiger partial charge < -0.3 is 15.4 Å². The van der Waals surface area contributed by atoms with Crippen LogP contribution in [-0.2, 0) is 19.4 Å². The highest BCUT2D eigenvalue weighted by atomic mass is 35.5. The van der Waals surface area contributed by atoms with Gasteiger partial charge in [0, 0.05) is 28.6 Å². The lowest BCUT2D eigenvalue weighted by Gasteiger charge is -2.21. The van der Waals surface area contributed by atoms with E-state index >= 15 is 0 Å². The van der Waals surface area contributed by atoms with E-state index in [1.165, 1.54) is 12.0 Å². The third kappa shape index (κ3) is 6.39. The van der Waals surface area contributed by atoms with E-state index in [4.69, 9.17) is 16.3 Å². The van der Waals surface area contributed by atoms with Gasteiger partial charge >= 0.3 is 0 Å². The monoisotopic (exact) mass is 512 g/mol. The summed E-state index contributed by atoms with van der Waals surface area (Å²) in [6, 6.07) is 12.5. The molecule has 1 heterocycles. The summed E-state index contributed by atoms with van der Waals surface area (Å²) >= 11 is 7.67. The lowest BCUT2D eigenvalue weighted by molar-refractivity contribution is 0.0950. The van der Waals surface area contributed by atoms with E-state index in [0.29, 0.717) is 33.1 Å². The van der Waals surface area contributed by atoms with E-state index in [-0.39, 0.29) is 18.4 Å². The number of fused-ring (bicyclic) bond motifs is 1. The molecule has 0 fully saturated rings. The molecule has 3 N–H and O–H groups in total. The first-order valence-corrected chi connectivity index (χ1v) is 12.9. The van der Waals surface area contributed by atoms with Crippen LogP contribution in [0.5, 0.6) is 5.75 Å². The minimum Gasteiger partial charge on any atom is -0.495 e. The highest BCUT2D eigenvalue weighted by molar-refractivity contribution is 7.15. The number of carbonyl (C=O) groups excluding carboxylic acids is 2. The molecule has 35 heavy (non-hydrogen) atoms. The number of nitrogens with zero attached hydrogens (tertiary/aromatic N) is 1. The molecule has 1 aliphatic carbocycles. The van der Waals surface area contributed by atoms with Gasteiger partial charge in [-0.2, -0.15) is 0 Å². The summed E-state index contributed by atoms with van der Waals surface area (Å²) in [5.74, 6) is 0.0346. The molecular weight excluding hydrogens is 484 g/mol. The minimum absolute atomic E-state index is 0.216. The van der Waals surface area contributed by atoms with E-state index in [9.17, 15) is 9.59 Å². The number of nitrogens with one attached hydrogen (secondary N) is 3. The number of hydrogen-bond acceptors (Lipinski definition) is 6. The Morgan fingerprint density at radius 3 is 2.77 bits per heavy atom. The van der Waals surface area contributed by atoms with E-state index in [1.54, 1.807) is 47.7 Å². The van der Waals surface area contributed by atoms with E-state index in [0.717, 1.165) is 43.5 Å². The maximum Gasteiger partial charge on any atom is 0.257 e. The van der Waals surface area contributed by atoms with Crippen LogP contribution in [0.25, 0.3) is 0 Å². The van der Waals surface area contributed by atoms with Crippen LogP contribution in [0.1, 0.15) is 56.6 Å². The minimum atomic E-state index is -0.260. The quantitative estimate of drug-likeness (QED) is 0.381. The van der Waals surface area contributed by atoms with Gasteiger partial charge in [0.05, 0.1) is 17.8 Å². The number of amides is 2. The number of thiazole rings is 1. The number of rotatable bonds is 9. The second-order valence-corrected chi connectivity index (χ2v) is 9.96. The zero-order chi connectivity index (χ0) is 24.8. The molecule has 3 aromatic rings. The Morgan fingerprint density at radius 2 is 2.00 bits per heavy atom. The third-order valence-corrected chi connectivity index (χ3v) is 7.23. The maximum absolute atomic E-state index is 12.9. The molecular formula is C26H29ClN4O3S. The first-order chi connectivity index (χ1) is 17.0. The van der Waals surface area contributed by atoms with Crippen molar-refractivity contribution in [2.24, 2.45) is 0 Å². The molecule has 9 heteroatoms. The van der Waals surface area contributed by atoms with Crippen molar-refractivity contribution in [3.05, 3.63) is 74.7 Å². The summed E-state index contributed by atoms with van der Waals surface area (Å²) in [6.07, 6.45) is 4.07. The van der Waals surface area contributed by atoms with Gasteiger partial charge in [-0.1, -0.05) is 30.7 Å². The van der Waals surface area contributed by atoms with Gasteiger partial charge in [-0.25, -0.2) is 4.98 Å². The summed E-state index contributed by atoms with van der Waals surface area (Å²) in [5.41, 5.74) is 2.85. The van der Waals surface area contributed by atoms with Gasteiger partial charge in [-0.15, -0.1) is 11.3 Å². The van der Waals surface area contributed by atoms with Crippen molar-refractivity contribution in [1.29, 1.82) is 0 Å². The molecule has 0 aliphatic heterocycles. The van der Waals surface area contributed by atoms with E-state index in [1.807, 2.05) is 6.07 Å². The molecule has 1 atom stereocenters. The summed E-state index contributed by atoms with van der Waals surface area (Å²) in [5, 5.41) is 10.4. The van der Waals surface area contributed by atoms with Crippen molar-refractivity contribution in [3.8, 4) is 5.75 Å². The highest BCUT2D eigenvalue weighted by Gasteiger charge is 2.23. The van der Waals surface area contributed by atoms with Gasteiger partial charge in [-0.05, 0) is 68.1 Å². The second kappa shape index (κ2) is 11.7. The average Bonchev–Trinajstić information content (AvgIpc) is 3.27. The average molecular weight is 513 g/mol. The van der Waals surface area contributed by atoms with Crippen LogP contribution in [0.4, 0.5) is 5.13 Å². The van der Waals surface area contributed by atoms with Crippen LogP contribution < -0.4 is 20.7 Å². The molecule has 0 bridgehead atoms. The van der Waals surface area contributed by atoms with E-state index in [2.05, 4.69) is 27.9 Å². The van der Waals surface area contributed by atoms with Crippen LogP contribution in [0, 0.1) is 0 Å². The summed E-state index contributed by atoms with van der Waals surface area (Å²) < 4.78 is 5.12. The Labute approximate surface area is 214 Å². The molecule has 2 amide bonds. The number of hydrogen-bond donors (Lipinski definition) is 3. The lowest BCUT2D eigenvalue weighted by Crippen LogP contribution is -2.34. The molecule has 0 saturated heterocycles. The molecule has 4 rings (SSSR count). The number of aromatic nitrogens is 1.